The predicted octanol–water partition coefficient (Wildman–Crippen LogP) is 0.389. The summed E-state index contributed by atoms with van der Waals surface area (Å²) in [6, 6.07) is 0.110. The van der Waals surface area contributed by atoms with Crippen molar-refractivity contribution in [3.05, 3.63) is 6.33 Å². The summed E-state index contributed by atoms with van der Waals surface area (Å²) in [5, 5.41) is 3.79. The summed E-state index contributed by atoms with van der Waals surface area (Å²) in [7, 11) is -2.95. The lowest BCUT2D eigenvalue weighted by atomic mass is 9.95. The Hall–Kier alpha value is -1.11. The average Bonchev–Trinajstić information content (AvgIpc) is 2.64. The van der Waals surface area contributed by atoms with Crippen LogP contribution in [0.25, 0.3) is 0 Å². The molecule has 2 unspecified atom stereocenters. The molecule has 1 aromatic rings. The van der Waals surface area contributed by atoms with Crippen LogP contribution in [0.4, 0.5) is 5.95 Å². The van der Waals surface area contributed by atoms with Gasteiger partial charge in [0.2, 0.25) is 5.95 Å². The van der Waals surface area contributed by atoms with Crippen LogP contribution in [-0.2, 0) is 9.84 Å². The van der Waals surface area contributed by atoms with E-state index in [1.54, 1.807) is 11.0 Å². The van der Waals surface area contributed by atoms with Gasteiger partial charge >= 0.3 is 0 Å². The molecule has 1 heterocycles. The lowest BCUT2D eigenvalue weighted by molar-refractivity contribution is 0.329. The Balaban J connectivity index is 2.13. The third-order valence-electron chi connectivity index (χ3n) is 3.10. The minimum absolute atomic E-state index is 0.110. The molecule has 0 saturated heterocycles. The largest absolute Gasteiger partial charge is 0.367 e. The Morgan fingerprint density at radius 1 is 1.50 bits per heavy atom. The summed E-state index contributed by atoms with van der Waals surface area (Å²) in [6.07, 6.45) is 6.08. The normalized spacial score (nSPS) is 26.8. The van der Waals surface area contributed by atoms with E-state index in [2.05, 4.69) is 10.1 Å². The average molecular weight is 244 g/mol. The van der Waals surface area contributed by atoms with Gasteiger partial charge < -0.3 is 5.73 Å². The van der Waals surface area contributed by atoms with Crippen molar-refractivity contribution in [1.29, 1.82) is 0 Å². The molecule has 0 bridgehead atoms. The summed E-state index contributed by atoms with van der Waals surface area (Å²) in [5.41, 5.74) is 5.44. The highest BCUT2D eigenvalue weighted by molar-refractivity contribution is 7.91. The molecule has 6 nitrogen and oxygen atoms in total. The van der Waals surface area contributed by atoms with Gasteiger partial charge in [0.1, 0.15) is 16.2 Å². The molecular weight excluding hydrogens is 228 g/mol. The van der Waals surface area contributed by atoms with E-state index in [0.717, 1.165) is 19.3 Å². The second kappa shape index (κ2) is 4.04. The molecule has 0 amide bonds. The molecule has 2 atom stereocenters. The third-order valence-corrected chi connectivity index (χ3v) is 4.74. The van der Waals surface area contributed by atoms with Gasteiger partial charge in [-0.2, -0.15) is 0 Å². The number of nitrogen functional groups attached to an aromatic ring is 1. The zero-order valence-electron chi connectivity index (χ0n) is 9.20. The number of nitrogens with two attached hydrogens (primary N) is 1. The first-order chi connectivity index (χ1) is 7.47. The molecule has 0 aliphatic heterocycles. The molecule has 7 heteroatoms. The van der Waals surface area contributed by atoms with E-state index < -0.39 is 9.84 Å². The third kappa shape index (κ3) is 2.34. The van der Waals surface area contributed by atoms with Gasteiger partial charge in [-0.1, -0.05) is 6.42 Å². The molecule has 1 aliphatic rings. The van der Waals surface area contributed by atoms with Crippen LogP contribution in [0.15, 0.2) is 6.33 Å². The van der Waals surface area contributed by atoms with Crippen LogP contribution in [0.5, 0.6) is 0 Å². The smallest absolute Gasteiger partial charge is 0.239 e. The molecule has 1 aliphatic carbocycles. The van der Waals surface area contributed by atoms with Crippen LogP contribution in [0.3, 0.4) is 0 Å². The molecule has 1 saturated carbocycles. The van der Waals surface area contributed by atoms with Gasteiger partial charge in [0.25, 0.3) is 0 Å². The van der Waals surface area contributed by atoms with Gasteiger partial charge in [0.15, 0.2) is 0 Å². The van der Waals surface area contributed by atoms with E-state index in [1.165, 1.54) is 6.26 Å². The van der Waals surface area contributed by atoms with Crippen molar-refractivity contribution in [1.82, 2.24) is 14.8 Å². The molecule has 90 valence electrons. The maximum Gasteiger partial charge on any atom is 0.239 e. The summed E-state index contributed by atoms with van der Waals surface area (Å²) < 4.78 is 24.7. The Bertz CT molecular complexity index is 468. The summed E-state index contributed by atoms with van der Waals surface area (Å²) in [5.74, 6) is 0.237. The molecule has 2 N–H and O–H groups in total. The first-order valence-corrected chi connectivity index (χ1v) is 7.28. The lowest BCUT2D eigenvalue weighted by Crippen LogP contribution is -2.29. The van der Waals surface area contributed by atoms with E-state index >= 15 is 0 Å². The number of aromatic nitrogens is 3. The highest BCUT2D eigenvalue weighted by atomic mass is 32.2. The van der Waals surface area contributed by atoms with E-state index in [0.29, 0.717) is 6.42 Å². The van der Waals surface area contributed by atoms with Gasteiger partial charge in [0, 0.05) is 6.26 Å². The van der Waals surface area contributed by atoms with Crippen molar-refractivity contribution >= 4 is 15.8 Å². The molecular formula is C9H16N4O2S. The molecule has 1 fully saturated rings. The molecule has 1 aromatic heterocycles. The molecule has 0 aromatic carbocycles. The fraction of sp³-hybridized carbons (Fsp3) is 0.778. The quantitative estimate of drug-likeness (QED) is 0.812. The number of anilines is 1. The molecule has 2 rings (SSSR count). The first-order valence-electron chi connectivity index (χ1n) is 5.32. The van der Waals surface area contributed by atoms with Crippen LogP contribution in [0, 0.1) is 0 Å². The SMILES string of the molecule is CS(=O)(=O)C1CCCC(n2cnc(N)n2)C1. The van der Waals surface area contributed by atoms with Crippen LogP contribution in [-0.4, -0.2) is 34.7 Å². The standard InChI is InChI=1S/C9H16N4O2S/c1-16(14,15)8-4-2-3-7(5-8)13-6-11-9(10)12-13/h6-8H,2-5H2,1H3,(H2,10,12). The zero-order valence-corrected chi connectivity index (χ0v) is 10.0. The minimum atomic E-state index is -2.95. The van der Waals surface area contributed by atoms with Gasteiger partial charge in [-0.25, -0.2) is 18.1 Å². The van der Waals surface area contributed by atoms with Crippen molar-refractivity contribution in [2.75, 3.05) is 12.0 Å². The lowest BCUT2D eigenvalue weighted by Gasteiger charge is -2.27. The second-order valence-electron chi connectivity index (χ2n) is 4.35. The second-order valence-corrected chi connectivity index (χ2v) is 6.68. The van der Waals surface area contributed by atoms with Crippen molar-refractivity contribution < 1.29 is 8.42 Å². The Labute approximate surface area is 94.8 Å². The number of nitrogens with zero attached hydrogens (tertiary/aromatic N) is 3. The zero-order chi connectivity index (χ0) is 11.8. The minimum Gasteiger partial charge on any atom is -0.367 e. The van der Waals surface area contributed by atoms with Crippen molar-refractivity contribution in [3.8, 4) is 0 Å². The van der Waals surface area contributed by atoms with E-state index in [-0.39, 0.29) is 17.2 Å². The van der Waals surface area contributed by atoms with Crippen LogP contribution in [0.1, 0.15) is 31.7 Å². The molecule has 0 radical (unpaired) electrons. The Morgan fingerprint density at radius 3 is 2.81 bits per heavy atom. The number of hydrogen-bond donors (Lipinski definition) is 1. The van der Waals surface area contributed by atoms with E-state index in [4.69, 9.17) is 5.73 Å². The van der Waals surface area contributed by atoms with Crippen molar-refractivity contribution in [2.45, 2.75) is 37.0 Å². The summed E-state index contributed by atoms with van der Waals surface area (Å²) in [4.78, 5) is 3.86. The van der Waals surface area contributed by atoms with Gasteiger partial charge in [-0.3, -0.25) is 0 Å². The predicted molar refractivity (Wildman–Crippen MR) is 60.6 cm³/mol. The van der Waals surface area contributed by atoms with Crippen molar-refractivity contribution in [2.24, 2.45) is 0 Å². The number of hydrogen-bond acceptors (Lipinski definition) is 5. The highest BCUT2D eigenvalue weighted by Crippen LogP contribution is 2.31. The van der Waals surface area contributed by atoms with E-state index in [9.17, 15) is 8.42 Å². The van der Waals surface area contributed by atoms with Gasteiger partial charge in [-0.15, -0.1) is 5.10 Å². The van der Waals surface area contributed by atoms with E-state index in [1.807, 2.05) is 0 Å². The van der Waals surface area contributed by atoms with Gasteiger partial charge in [-0.05, 0) is 19.3 Å². The fourth-order valence-corrected chi connectivity index (χ4v) is 3.38. The summed E-state index contributed by atoms with van der Waals surface area (Å²) in [6.45, 7) is 0. The number of rotatable bonds is 2. The van der Waals surface area contributed by atoms with Crippen LogP contribution >= 0.6 is 0 Å². The van der Waals surface area contributed by atoms with Crippen LogP contribution in [0.2, 0.25) is 0 Å². The maximum absolute atomic E-state index is 11.5. The van der Waals surface area contributed by atoms with Crippen LogP contribution < -0.4 is 5.73 Å². The highest BCUT2D eigenvalue weighted by Gasteiger charge is 2.30. The maximum atomic E-state index is 11.5. The fourth-order valence-electron chi connectivity index (χ4n) is 2.21. The first kappa shape index (κ1) is 11.4. The summed E-state index contributed by atoms with van der Waals surface area (Å²) >= 11 is 0. The Morgan fingerprint density at radius 2 is 2.25 bits per heavy atom. The topological polar surface area (TPSA) is 90.9 Å². The Kier molecular flexibility index (Phi) is 2.88. The monoisotopic (exact) mass is 244 g/mol. The van der Waals surface area contributed by atoms with Crippen molar-refractivity contribution in [3.63, 3.8) is 0 Å². The molecule has 0 spiro atoms. The molecule has 16 heavy (non-hydrogen) atoms. The number of sulfone groups is 1. The van der Waals surface area contributed by atoms with Gasteiger partial charge in [0.05, 0.1) is 11.3 Å².